The summed E-state index contributed by atoms with van der Waals surface area (Å²) in [5, 5.41) is 40.2. The van der Waals surface area contributed by atoms with Gasteiger partial charge in [-0.3, -0.25) is 0 Å². The van der Waals surface area contributed by atoms with E-state index in [1.165, 1.54) is 0 Å². The average Bonchev–Trinajstić information content (AvgIpc) is 2.80. The van der Waals surface area contributed by atoms with Crippen molar-refractivity contribution in [3.8, 4) is 23.0 Å². The molecule has 0 unspecified atom stereocenters. The maximum atomic E-state index is 10.0. The van der Waals surface area contributed by atoms with E-state index in [0.717, 1.165) is 17.4 Å². The van der Waals surface area contributed by atoms with Crippen molar-refractivity contribution in [1.29, 1.82) is 0 Å². The number of hydrogen-bond donors (Lipinski definition) is 8. The molecule has 0 radical (unpaired) electrons. The molecule has 0 atom stereocenters. The van der Waals surface area contributed by atoms with Crippen LogP contribution in [0.5, 0.6) is 23.0 Å². The first-order valence-electron chi connectivity index (χ1n) is 10.1. The first-order chi connectivity index (χ1) is 16.2. The van der Waals surface area contributed by atoms with Gasteiger partial charge < -0.3 is 0 Å². The monoisotopic (exact) mass is 582 g/mol. The Morgan fingerprint density at radius 3 is 0.765 bits per heavy atom. The molecule has 0 aliphatic heterocycles. The number of nitrogens with two attached hydrogens (primary N) is 4. The molecule has 174 valence electrons. The summed E-state index contributed by atoms with van der Waals surface area (Å²) in [6.45, 7) is 0. The van der Waals surface area contributed by atoms with Crippen molar-refractivity contribution >= 4 is 65.3 Å². The Morgan fingerprint density at radius 1 is 0.382 bits per heavy atom. The molecule has 0 bridgehead atoms. The summed E-state index contributed by atoms with van der Waals surface area (Å²) >= 11 is -4.59. The van der Waals surface area contributed by atoms with Crippen LogP contribution in [0.25, 0.3) is 0 Å². The van der Waals surface area contributed by atoms with Gasteiger partial charge in [0.1, 0.15) is 0 Å². The van der Waals surface area contributed by atoms with E-state index in [1.807, 2.05) is 24.3 Å². The zero-order valence-corrected chi connectivity index (χ0v) is 21.7. The molecule has 0 aliphatic carbocycles. The Morgan fingerprint density at radius 2 is 0.588 bits per heavy atom. The SMILES string of the molecule is Nc1cc([As](c2ccc(O)c(N)c2)[As](c2ccc(O)c(N)c2)c2ccc(O)c(N)c2)ccc1O. The van der Waals surface area contributed by atoms with Gasteiger partial charge in [0, 0.05) is 0 Å². The molecule has 10 heteroatoms. The van der Waals surface area contributed by atoms with Crippen LogP contribution in [0.2, 0.25) is 0 Å². The summed E-state index contributed by atoms with van der Waals surface area (Å²) in [4.78, 5) is 0. The van der Waals surface area contributed by atoms with E-state index >= 15 is 0 Å². The van der Waals surface area contributed by atoms with Crippen molar-refractivity contribution in [1.82, 2.24) is 0 Å². The molecular weight excluding hydrogens is 558 g/mol. The van der Waals surface area contributed by atoms with Gasteiger partial charge in [-0.15, -0.1) is 0 Å². The molecule has 0 aromatic heterocycles. The Bertz CT molecular complexity index is 1180. The van der Waals surface area contributed by atoms with Gasteiger partial charge >= 0.3 is 204 Å². The standard InChI is InChI=1S/C24H24As2N4O4/c27-17-9-13(1-5-21(17)31)25(14-2-6-22(32)18(28)10-14)26(15-3-7-23(33)19(29)11-15)16-4-8-24(34)20(30)12-16/h1-12,31-34H,27-30H2. The molecular formula is C24H24As2N4O4. The van der Waals surface area contributed by atoms with Gasteiger partial charge in [0.2, 0.25) is 0 Å². The van der Waals surface area contributed by atoms with Crippen LogP contribution < -0.4 is 40.3 Å². The third-order valence-corrected chi connectivity index (χ3v) is 26.9. The maximum absolute atomic E-state index is 10.0. The van der Waals surface area contributed by atoms with E-state index in [0.29, 0.717) is 0 Å². The van der Waals surface area contributed by atoms with E-state index < -0.39 is 25.2 Å². The molecule has 34 heavy (non-hydrogen) atoms. The molecule has 4 aromatic rings. The number of rotatable bonds is 5. The number of nitrogen functional groups attached to an aromatic ring is 4. The number of phenolic OH excluding ortho intramolecular Hbond substituents is 4. The average molecular weight is 582 g/mol. The minimum absolute atomic E-state index is 0.00951. The summed E-state index contributed by atoms with van der Waals surface area (Å²) in [5.74, 6) is -0.0381. The third-order valence-electron chi connectivity index (χ3n) is 5.22. The number of aromatic hydroxyl groups is 4. The van der Waals surface area contributed by atoms with E-state index in [2.05, 4.69) is 0 Å². The van der Waals surface area contributed by atoms with Crippen molar-refractivity contribution < 1.29 is 20.4 Å². The Kier molecular flexibility index (Phi) is 6.47. The van der Waals surface area contributed by atoms with E-state index in [1.54, 1.807) is 48.5 Å². The van der Waals surface area contributed by atoms with Crippen LogP contribution in [0.1, 0.15) is 0 Å². The molecule has 4 aromatic carbocycles. The summed E-state index contributed by atoms with van der Waals surface area (Å²) in [5.41, 5.74) is 25.3. The fourth-order valence-corrected chi connectivity index (χ4v) is 26.1. The number of benzene rings is 4. The molecule has 0 amide bonds. The zero-order valence-electron chi connectivity index (χ0n) is 17.9. The van der Waals surface area contributed by atoms with Crippen LogP contribution in [-0.2, 0) is 0 Å². The van der Waals surface area contributed by atoms with E-state index in [4.69, 9.17) is 22.9 Å². The summed E-state index contributed by atoms with van der Waals surface area (Å²) in [6.07, 6.45) is 0. The van der Waals surface area contributed by atoms with Gasteiger partial charge in [-0.25, -0.2) is 0 Å². The second kappa shape index (κ2) is 9.33. The van der Waals surface area contributed by atoms with Crippen LogP contribution in [0, 0.1) is 0 Å². The van der Waals surface area contributed by atoms with Crippen molar-refractivity contribution in [3.63, 3.8) is 0 Å². The fraction of sp³-hybridized carbons (Fsp3) is 0. The van der Waals surface area contributed by atoms with Gasteiger partial charge in [-0.1, -0.05) is 0 Å². The third kappa shape index (κ3) is 4.56. The summed E-state index contributed by atoms with van der Waals surface area (Å²) < 4.78 is 3.86. The Balaban J connectivity index is 2.03. The number of anilines is 4. The number of phenols is 4. The molecule has 0 spiro atoms. The molecule has 0 saturated heterocycles. The van der Waals surface area contributed by atoms with E-state index in [-0.39, 0.29) is 45.7 Å². The second-order valence-corrected chi connectivity index (χ2v) is 23.3. The van der Waals surface area contributed by atoms with Crippen molar-refractivity contribution in [2.45, 2.75) is 0 Å². The summed E-state index contributed by atoms with van der Waals surface area (Å²) in [6, 6.07) is 20.8. The quantitative estimate of drug-likeness (QED) is 0.0906. The molecule has 12 N–H and O–H groups in total. The summed E-state index contributed by atoms with van der Waals surface area (Å²) in [7, 11) is 0. The second-order valence-electron chi connectivity index (χ2n) is 7.60. The van der Waals surface area contributed by atoms with Crippen molar-refractivity contribution in [3.05, 3.63) is 72.8 Å². The van der Waals surface area contributed by atoms with Crippen LogP contribution in [0.15, 0.2) is 72.8 Å². The van der Waals surface area contributed by atoms with Crippen molar-refractivity contribution in [2.75, 3.05) is 22.9 Å². The molecule has 4 rings (SSSR count). The van der Waals surface area contributed by atoms with Crippen molar-refractivity contribution in [2.24, 2.45) is 0 Å². The molecule has 8 nitrogen and oxygen atoms in total. The number of hydrogen-bond acceptors (Lipinski definition) is 8. The fourth-order valence-electron chi connectivity index (χ4n) is 3.45. The Hall–Kier alpha value is -3.60. The minimum atomic E-state index is -2.30. The van der Waals surface area contributed by atoms with E-state index in [9.17, 15) is 20.4 Å². The first kappa shape index (κ1) is 23.6. The Labute approximate surface area is 203 Å². The molecule has 0 heterocycles. The van der Waals surface area contributed by atoms with Crippen LogP contribution in [0.3, 0.4) is 0 Å². The molecule has 0 aliphatic rings. The van der Waals surface area contributed by atoms with Gasteiger partial charge in [0.05, 0.1) is 0 Å². The molecule has 0 saturated carbocycles. The normalized spacial score (nSPS) is 11.2. The zero-order chi connectivity index (χ0) is 24.6. The van der Waals surface area contributed by atoms with Gasteiger partial charge in [0.15, 0.2) is 0 Å². The topological polar surface area (TPSA) is 185 Å². The van der Waals surface area contributed by atoms with Crippen LogP contribution >= 0.6 is 0 Å². The van der Waals surface area contributed by atoms with Crippen LogP contribution in [-0.4, -0.2) is 45.6 Å². The molecule has 0 fully saturated rings. The van der Waals surface area contributed by atoms with Crippen LogP contribution in [0.4, 0.5) is 22.7 Å². The first-order valence-corrected chi connectivity index (χ1v) is 19.0. The van der Waals surface area contributed by atoms with Gasteiger partial charge in [0.25, 0.3) is 0 Å². The predicted molar refractivity (Wildman–Crippen MR) is 140 cm³/mol. The van der Waals surface area contributed by atoms with Gasteiger partial charge in [-0.2, -0.15) is 0 Å². The van der Waals surface area contributed by atoms with Gasteiger partial charge in [-0.05, 0) is 0 Å². The predicted octanol–water partition coefficient (Wildman–Crippen LogP) is -0.166.